The van der Waals surface area contributed by atoms with Gasteiger partial charge in [-0.15, -0.1) is 0 Å². The number of carbonyl (C=O) groups excluding carboxylic acids is 2. The highest BCUT2D eigenvalue weighted by Crippen LogP contribution is 2.52. The lowest BCUT2D eigenvalue weighted by molar-refractivity contribution is -0.134. The summed E-state index contributed by atoms with van der Waals surface area (Å²) in [6.07, 6.45) is 11.5. The second-order valence-corrected chi connectivity index (χ2v) is 14.8. The fourth-order valence-electron chi connectivity index (χ4n) is 8.79. The Hall–Kier alpha value is -4.38. The molecule has 4 aliphatic rings. The van der Waals surface area contributed by atoms with Crippen molar-refractivity contribution in [1.82, 2.24) is 29.3 Å². The number of fused-ring (bicyclic) bond motifs is 3. The van der Waals surface area contributed by atoms with E-state index in [-0.39, 0.29) is 29.6 Å². The molecular weight excluding hydrogens is 619 g/mol. The molecule has 1 atom stereocenters. The Bertz CT molecular complexity index is 1930. The lowest BCUT2D eigenvalue weighted by atomic mass is 9.73. The molecule has 8 rings (SSSR count). The summed E-state index contributed by atoms with van der Waals surface area (Å²) in [4.78, 5) is 47.3. The molecule has 1 saturated carbocycles. The van der Waals surface area contributed by atoms with Crippen molar-refractivity contribution < 1.29 is 14.0 Å². The van der Waals surface area contributed by atoms with Crippen molar-refractivity contribution in [2.24, 2.45) is 0 Å². The van der Waals surface area contributed by atoms with Crippen molar-refractivity contribution in [3.8, 4) is 11.3 Å². The number of imidazole rings is 1. The van der Waals surface area contributed by atoms with E-state index in [1.54, 1.807) is 25.5 Å². The third-order valence-electron chi connectivity index (χ3n) is 11.7. The maximum Gasteiger partial charge on any atom is 0.238 e. The second kappa shape index (κ2) is 12.2. The van der Waals surface area contributed by atoms with Gasteiger partial charge in [-0.3, -0.25) is 19.5 Å². The number of hydrogen-bond donors (Lipinski definition) is 1. The quantitative estimate of drug-likeness (QED) is 0.248. The average Bonchev–Trinajstić information content (AvgIpc) is 3.60. The topological polar surface area (TPSA) is 99.5 Å². The monoisotopic (exact) mass is 664 g/mol. The van der Waals surface area contributed by atoms with Crippen molar-refractivity contribution >= 4 is 40.0 Å². The Morgan fingerprint density at radius 2 is 1.86 bits per heavy atom. The van der Waals surface area contributed by atoms with Gasteiger partial charge in [0.2, 0.25) is 11.8 Å². The van der Waals surface area contributed by atoms with Gasteiger partial charge in [0.25, 0.3) is 0 Å². The molecule has 1 aromatic carbocycles. The van der Waals surface area contributed by atoms with Crippen LogP contribution >= 0.6 is 0 Å². The number of hydrogen-bond acceptors (Lipinski definition) is 7. The van der Waals surface area contributed by atoms with Gasteiger partial charge in [0.05, 0.1) is 34.8 Å². The molecule has 0 unspecified atom stereocenters. The van der Waals surface area contributed by atoms with Crippen LogP contribution in [0.1, 0.15) is 84.2 Å². The Balaban J connectivity index is 1.19. The highest BCUT2D eigenvalue weighted by Gasteiger charge is 2.56. The summed E-state index contributed by atoms with van der Waals surface area (Å²) >= 11 is 0. The number of nitrogens with one attached hydrogen (secondary N) is 1. The zero-order valence-electron chi connectivity index (χ0n) is 28.8. The van der Waals surface area contributed by atoms with Crippen molar-refractivity contribution in [3.05, 3.63) is 60.4 Å². The van der Waals surface area contributed by atoms with E-state index in [0.29, 0.717) is 49.5 Å². The van der Waals surface area contributed by atoms with E-state index in [9.17, 15) is 14.0 Å². The third-order valence-corrected chi connectivity index (χ3v) is 11.7. The smallest absolute Gasteiger partial charge is 0.238 e. The van der Waals surface area contributed by atoms with E-state index >= 15 is 0 Å². The van der Waals surface area contributed by atoms with Gasteiger partial charge in [0.15, 0.2) is 11.6 Å². The average molecular weight is 665 g/mol. The SMILES string of the molecule is CC(=O)N1CCC2(CC1)C(=O)N([C@H]1C[C@@H](N3CCCC[C@@H]3C)C1)c1cc(-c3cc4ncn(C(C)C)c4c(Nc4ccncc4F)n3)ccc12. The first-order chi connectivity index (χ1) is 23.6. The molecule has 2 amide bonds. The number of piperidine rings is 2. The van der Waals surface area contributed by atoms with Gasteiger partial charge in [-0.05, 0) is 89.6 Å². The molecule has 10 nitrogen and oxygen atoms in total. The van der Waals surface area contributed by atoms with E-state index in [0.717, 1.165) is 47.2 Å². The zero-order chi connectivity index (χ0) is 34.0. The predicted octanol–water partition coefficient (Wildman–Crippen LogP) is 6.59. The molecule has 1 spiro atoms. The van der Waals surface area contributed by atoms with E-state index in [4.69, 9.17) is 9.97 Å². The fraction of sp³-hybridized carbons (Fsp3) is 0.500. The number of rotatable bonds is 6. The molecule has 0 radical (unpaired) electrons. The molecule has 11 heteroatoms. The van der Waals surface area contributed by atoms with Gasteiger partial charge in [-0.1, -0.05) is 18.6 Å². The lowest BCUT2D eigenvalue weighted by Crippen LogP contribution is -2.59. The van der Waals surface area contributed by atoms with Crippen LogP contribution in [0, 0.1) is 5.82 Å². The van der Waals surface area contributed by atoms with Crippen LogP contribution in [0.3, 0.4) is 0 Å². The Morgan fingerprint density at radius 3 is 2.57 bits per heavy atom. The van der Waals surface area contributed by atoms with Crippen LogP contribution in [0.15, 0.2) is 49.1 Å². The zero-order valence-corrected chi connectivity index (χ0v) is 28.8. The van der Waals surface area contributed by atoms with Crippen LogP contribution in [0.4, 0.5) is 21.6 Å². The van der Waals surface area contributed by atoms with E-state index in [1.807, 2.05) is 15.5 Å². The number of pyridine rings is 2. The maximum atomic E-state index is 14.8. The number of amides is 2. The van der Waals surface area contributed by atoms with Crippen LogP contribution in [-0.4, -0.2) is 78.9 Å². The number of likely N-dealkylation sites (tertiary alicyclic amines) is 2. The van der Waals surface area contributed by atoms with Crippen molar-refractivity contribution in [1.29, 1.82) is 0 Å². The predicted molar refractivity (Wildman–Crippen MR) is 188 cm³/mol. The Kier molecular flexibility index (Phi) is 7.93. The molecule has 4 aromatic rings. The number of carbonyl (C=O) groups is 2. The number of nitrogens with zero attached hydrogens (tertiary/aromatic N) is 7. The summed E-state index contributed by atoms with van der Waals surface area (Å²) < 4.78 is 16.8. The Labute approximate surface area is 286 Å². The summed E-state index contributed by atoms with van der Waals surface area (Å²) in [5.74, 6) is 0.266. The van der Waals surface area contributed by atoms with E-state index < -0.39 is 11.2 Å². The van der Waals surface area contributed by atoms with E-state index in [2.05, 4.69) is 59.1 Å². The van der Waals surface area contributed by atoms with Crippen molar-refractivity contribution in [3.63, 3.8) is 0 Å². The number of anilines is 3. The number of aromatic nitrogens is 4. The molecular formula is C38H45FN8O2. The molecule has 2 saturated heterocycles. The third kappa shape index (κ3) is 5.28. The molecule has 1 N–H and O–H groups in total. The van der Waals surface area contributed by atoms with Crippen LogP contribution in [-0.2, 0) is 15.0 Å². The van der Waals surface area contributed by atoms with Gasteiger partial charge < -0.3 is 19.7 Å². The largest absolute Gasteiger partial charge is 0.343 e. The summed E-state index contributed by atoms with van der Waals surface area (Å²) in [7, 11) is 0. The fourth-order valence-corrected chi connectivity index (χ4v) is 8.79. The van der Waals surface area contributed by atoms with Gasteiger partial charge in [-0.2, -0.15) is 0 Å². The minimum atomic E-state index is -0.637. The summed E-state index contributed by atoms with van der Waals surface area (Å²) in [5.41, 5.74) is 4.75. The first kappa shape index (κ1) is 31.9. The molecule has 3 aliphatic heterocycles. The second-order valence-electron chi connectivity index (χ2n) is 14.8. The Morgan fingerprint density at radius 1 is 1.06 bits per heavy atom. The highest BCUT2D eigenvalue weighted by molar-refractivity contribution is 6.09. The minimum absolute atomic E-state index is 0.0580. The van der Waals surface area contributed by atoms with Gasteiger partial charge in [-0.25, -0.2) is 14.4 Å². The molecule has 0 bridgehead atoms. The van der Waals surface area contributed by atoms with E-state index in [1.165, 1.54) is 25.5 Å². The minimum Gasteiger partial charge on any atom is -0.343 e. The molecule has 1 aliphatic carbocycles. The van der Waals surface area contributed by atoms with Crippen LogP contribution < -0.4 is 10.2 Å². The van der Waals surface area contributed by atoms with Gasteiger partial charge in [0.1, 0.15) is 5.52 Å². The molecule has 49 heavy (non-hydrogen) atoms. The standard InChI is InChI=1S/C38H45FN8O2/c1-23(2)46-22-41-33-20-32(43-36(35(33)46)42-31-10-13-40-21-30(31)39)26-8-9-29-34(17-26)47(28-18-27(19-28)45-14-6-5-7-24(45)3)37(49)38(29)11-15-44(16-12-38)25(4)48/h8-10,13,17,20-24,27-28H,5-7,11-12,14-16,18-19H2,1-4H3,(H,40,42,43)/t24-,27-,28+/m0/s1. The van der Waals surface area contributed by atoms with Crippen LogP contribution in [0.25, 0.3) is 22.3 Å². The molecule has 3 fully saturated rings. The first-order valence-corrected chi connectivity index (χ1v) is 17.9. The molecule has 3 aromatic heterocycles. The molecule has 256 valence electrons. The van der Waals surface area contributed by atoms with Gasteiger partial charge >= 0.3 is 0 Å². The normalized spacial score (nSPS) is 23.7. The summed E-state index contributed by atoms with van der Waals surface area (Å²) in [6, 6.07) is 11.2. The summed E-state index contributed by atoms with van der Waals surface area (Å²) in [6.45, 7) is 10.4. The lowest BCUT2D eigenvalue weighted by Gasteiger charge is -2.50. The number of benzene rings is 1. The van der Waals surface area contributed by atoms with Crippen LogP contribution in [0.5, 0.6) is 0 Å². The number of halogens is 1. The van der Waals surface area contributed by atoms with Crippen molar-refractivity contribution in [2.45, 2.75) is 102 Å². The highest BCUT2D eigenvalue weighted by atomic mass is 19.1. The maximum absolute atomic E-state index is 14.8. The van der Waals surface area contributed by atoms with Gasteiger partial charge in [0, 0.05) is 61.6 Å². The van der Waals surface area contributed by atoms with Crippen LogP contribution in [0.2, 0.25) is 0 Å². The summed E-state index contributed by atoms with van der Waals surface area (Å²) in [5, 5.41) is 3.22. The molecule has 6 heterocycles. The first-order valence-electron chi connectivity index (χ1n) is 17.9. The van der Waals surface area contributed by atoms with Crippen molar-refractivity contribution in [2.75, 3.05) is 29.9 Å².